The number of carbonyl (C=O) groups is 3. The molecule has 2 N–H and O–H groups in total. The second-order valence-electron chi connectivity index (χ2n) is 9.00. The molecule has 1 saturated heterocycles. The van der Waals surface area contributed by atoms with Gasteiger partial charge in [0.15, 0.2) is 9.84 Å². The first-order valence-electron chi connectivity index (χ1n) is 12.0. The smallest absolute Gasteiger partial charge is 0.242 e. The van der Waals surface area contributed by atoms with Crippen LogP contribution in [0.4, 0.5) is 11.4 Å². The molecule has 2 aromatic carbocycles. The van der Waals surface area contributed by atoms with Crippen LogP contribution >= 0.6 is 0 Å². The lowest BCUT2D eigenvalue weighted by Crippen LogP contribution is -2.34. The van der Waals surface area contributed by atoms with Crippen molar-refractivity contribution in [2.75, 3.05) is 29.5 Å². The van der Waals surface area contributed by atoms with Crippen LogP contribution in [0.2, 0.25) is 0 Å². The highest BCUT2D eigenvalue weighted by Crippen LogP contribution is 2.27. The molecule has 1 aromatic heterocycles. The third-order valence-corrected chi connectivity index (χ3v) is 7.80. The molecular formula is C26H30N4O5S. The molecule has 36 heavy (non-hydrogen) atoms. The predicted molar refractivity (Wildman–Crippen MR) is 138 cm³/mol. The Bertz CT molecular complexity index is 1370. The van der Waals surface area contributed by atoms with Crippen molar-refractivity contribution in [3.63, 3.8) is 0 Å². The van der Waals surface area contributed by atoms with E-state index in [0.717, 1.165) is 38.8 Å². The van der Waals surface area contributed by atoms with E-state index in [0.29, 0.717) is 22.3 Å². The van der Waals surface area contributed by atoms with Gasteiger partial charge in [-0.25, -0.2) is 8.42 Å². The Balaban J connectivity index is 1.51. The van der Waals surface area contributed by atoms with E-state index in [9.17, 15) is 22.8 Å². The molecule has 0 atom stereocenters. The average molecular weight is 511 g/mol. The molecule has 1 aliphatic heterocycles. The Kier molecular flexibility index (Phi) is 7.73. The van der Waals surface area contributed by atoms with Crippen LogP contribution in [-0.4, -0.2) is 54.4 Å². The van der Waals surface area contributed by atoms with Crippen LogP contribution < -0.4 is 10.6 Å². The monoisotopic (exact) mass is 510 g/mol. The van der Waals surface area contributed by atoms with Gasteiger partial charge in [-0.1, -0.05) is 31.0 Å². The number of nitrogens with zero attached hydrogens (tertiary/aromatic N) is 2. The number of benzene rings is 2. The van der Waals surface area contributed by atoms with E-state index < -0.39 is 21.5 Å². The van der Waals surface area contributed by atoms with Crippen molar-refractivity contribution in [3.05, 3.63) is 54.7 Å². The fourth-order valence-electron chi connectivity index (χ4n) is 4.45. The lowest BCUT2D eigenvalue weighted by atomic mass is 10.2. The van der Waals surface area contributed by atoms with Crippen molar-refractivity contribution in [3.8, 4) is 0 Å². The zero-order valence-corrected chi connectivity index (χ0v) is 21.0. The molecule has 10 heteroatoms. The summed E-state index contributed by atoms with van der Waals surface area (Å²) < 4.78 is 28.2. The molecule has 4 rings (SSSR count). The highest BCUT2D eigenvalue weighted by Gasteiger charge is 2.26. The van der Waals surface area contributed by atoms with Crippen molar-refractivity contribution < 1.29 is 22.8 Å². The summed E-state index contributed by atoms with van der Waals surface area (Å²) in [5.41, 5.74) is 1.61. The van der Waals surface area contributed by atoms with Crippen LogP contribution in [0, 0.1) is 0 Å². The van der Waals surface area contributed by atoms with E-state index in [-0.39, 0.29) is 23.3 Å². The van der Waals surface area contributed by atoms with Gasteiger partial charge in [0.05, 0.1) is 4.90 Å². The first-order valence-corrected chi connectivity index (χ1v) is 13.6. The largest absolute Gasteiger partial charge is 0.341 e. The van der Waals surface area contributed by atoms with Crippen LogP contribution in [-0.2, 0) is 30.8 Å². The van der Waals surface area contributed by atoms with Gasteiger partial charge in [0.25, 0.3) is 0 Å². The number of rotatable bonds is 7. The number of para-hydroxylation sites is 1. The van der Waals surface area contributed by atoms with Gasteiger partial charge in [0.1, 0.15) is 12.3 Å². The number of nitrogens with one attached hydrogen (secondary N) is 2. The minimum absolute atomic E-state index is 0.0259. The zero-order valence-electron chi connectivity index (χ0n) is 20.2. The average Bonchev–Trinajstić information content (AvgIpc) is 3.00. The summed E-state index contributed by atoms with van der Waals surface area (Å²) in [4.78, 5) is 38.6. The van der Waals surface area contributed by atoms with Crippen LogP contribution in [0.1, 0.15) is 32.6 Å². The number of aromatic nitrogens is 1. The Morgan fingerprint density at radius 1 is 0.861 bits per heavy atom. The van der Waals surface area contributed by atoms with Crippen molar-refractivity contribution in [2.24, 2.45) is 0 Å². The van der Waals surface area contributed by atoms with Crippen LogP contribution in [0.3, 0.4) is 0 Å². The molecular weight excluding hydrogens is 480 g/mol. The summed E-state index contributed by atoms with van der Waals surface area (Å²) in [6, 6.07) is 13.4. The molecule has 2 heterocycles. The highest BCUT2D eigenvalue weighted by atomic mass is 32.2. The normalized spacial score (nSPS) is 14.3. The summed E-state index contributed by atoms with van der Waals surface area (Å²) in [6.07, 6.45) is 5.64. The number of hydrogen-bond donors (Lipinski definition) is 2. The van der Waals surface area contributed by atoms with Gasteiger partial charge in [0, 0.05) is 48.5 Å². The van der Waals surface area contributed by atoms with Crippen molar-refractivity contribution in [1.82, 2.24) is 9.47 Å². The van der Waals surface area contributed by atoms with Crippen LogP contribution in [0.15, 0.2) is 59.6 Å². The lowest BCUT2D eigenvalue weighted by molar-refractivity contribution is -0.131. The van der Waals surface area contributed by atoms with Gasteiger partial charge in [-0.2, -0.15) is 0 Å². The highest BCUT2D eigenvalue weighted by molar-refractivity contribution is 7.92. The number of likely N-dealkylation sites (tertiary alicyclic amines) is 1. The molecule has 0 saturated carbocycles. The molecule has 0 spiro atoms. The quantitative estimate of drug-likeness (QED) is 0.505. The van der Waals surface area contributed by atoms with E-state index in [1.807, 2.05) is 4.90 Å². The molecule has 9 nitrogen and oxygen atoms in total. The predicted octanol–water partition coefficient (Wildman–Crippen LogP) is 3.41. The van der Waals surface area contributed by atoms with Crippen LogP contribution in [0.5, 0.6) is 0 Å². The number of carbonyl (C=O) groups excluding carboxylic acids is 3. The third kappa shape index (κ3) is 6.12. The fourth-order valence-corrected chi connectivity index (χ4v) is 5.81. The number of anilines is 2. The number of hydrogen-bond acceptors (Lipinski definition) is 5. The van der Waals surface area contributed by atoms with Gasteiger partial charge >= 0.3 is 0 Å². The lowest BCUT2D eigenvalue weighted by Gasteiger charge is -2.20. The molecule has 190 valence electrons. The summed E-state index contributed by atoms with van der Waals surface area (Å²) in [5.74, 6) is -1.68. The minimum Gasteiger partial charge on any atom is -0.341 e. The maximum absolute atomic E-state index is 13.3. The molecule has 3 amide bonds. The SMILES string of the molecule is CC(=O)Nc1ccc(NC(=O)CS(=O)(=O)c2cn(CC(=O)N3CCCCCC3)c3ccccc23)cc1. The Morgan fingerprint density at radius 3 is 2.11 bits per heavy atom. The fraction of sp³-hybridized carbons (Fsp3) is 0.346. The van der Waals surface area contributed by atoms with E-state index >= 15 is 0 Å². The summed E-state index contributed by atoms with van der Waals surface area (Å²) in [5, 5.41) is 5.69. The minimum atomic E-state index is -3.99. The molecule has 3 aromatic rings. The Morgan fingerprint density at radius 2 is 1.47 bits per heavy atom. The molecule has 0 unspecified atom stereocenters. The molecule has 0 aliphatic carbocycles. The van der Waals surface area contributed by atoms with Crippen molar-refractivity contribution in [2.45, 2.75) is 44.0 Å². The first kappa shape index (κ1) is 25.4. The first-order chi connectivity index (χ1) is 17.2. The summed E-state index contributed by atoms with van der Waals surface area (Å²) >= 11 is 0. The molecule has 0 bridgehead atoms. The van der Waals surface area contributed by atoms with Crippen molar-refractivity contribution in [1.29, 1.82) is 0 Å². The van der Waals surface area contributed by atoms with Gasteiger partial charge in [-0.15, -0.1) is 0 Å². The van der Waals surface area contributed by atoms with E-state index in [1.54, 1.807) is 53.1 Å². The van der Waals surface area contributed by atoms with Gasteiger partial charge in [0.2, 0.25) is 17.7 Å². The van der Waals surface area contributed by atoms with Gasteiger partial charge in [-0.3, -0.25) is 14.4 Å². The van der Waals surface area contributed by atoms with Gasteiger partial charge < -0.3 is 20.1 Å². The summed E-state index contributed by atoms with van der Waals surface area (Å²) in [7, 11) is -3.99. The second kappa shape index (κ2) is 10.9. The van der Waals surface area contributed by atoms with E-state index in [4.69, 9.17) is 0 Å². The van der Waals surface area contributed by atoms with E-state index in [1.165, 1.54) is 13.1 Å². The standard InChI is InChI=1S/C26H30N4O5S/c1-19(31)27-20-10-12-21(13-11-20)28-25(32)18-36(34,35)24-16-30(23-9-5-4-8-22(23)24)17-26(33)29-14-6-2-3-7-15-29/h4-5,8-13,16H,2-3,6-7,14-15,17-18H2,1H3,(H,27,31)(H,28,32). The topological polar surface area (TPSA) is 118 Å². The maximum Gasteiger partial charge on any atom is 0.242 e. The zero-order chi connectivity index (χ0) is 25.7. The Labute approximate surface area is 210 Å². The number of amides is 3. The number of fused-ring (bicyclic) bond motifs is 1. The van der Waals surface area contributed by atoms with Gasteiger partial charge in [-0.05, 0) is 43.2 Å². The molecule has 0 radical (unpaired) electrons. The van der Waals surface area contributed by atoms with Crippen LogP contribution in [0.25, 0.3) is 10.9 Å². The Hall–Kier alpha value is -3.66. The number of sulfone groups is 1. The maximum atomic E-state index is 13.3. The molecule has 1 aliphatic rings. The third-order valence-electron chi connectivity index (χ3n) is 6.16. The van der Waals surface area contributed by atoms with E-state index in [2.05, 4.69) is 10.6 Å². The van der Waals surface area contributed by atoms with Crippen molar-refractivity contribution >= 4 is 49.8 Å². The summed E-state index contributed by atoms with van der Waals surface area (Å²) in [6.45, 7) is 2.87. The molecule has 1 fully saturated rings. The second-order valence-corrected chi connectivity index (χ2v) is 11.0.